The van der Waals surface area contributed by atoms with Crippen LogP contribution in [0, 0.1) is 0 Å². The van der Waals surface area contributed by atoms with Crippen molar-refractivity contribution in [1.82, 2.24) is 0 Å². The highest BCUT2D eigenvalue weighted by Crippen LogP contribution is 2.21. The van der Waals surface area contributed by atoms with Gasteiger partial charge in [0, 0.05) is 16.5 Å². The van der Waals surface area contributed by atoms with Gasteiger partial charge in [0.2, 0.25) is 0 Å². The maximum absolute atomic E-state index is 9.74. The van der Waals surface area contributed by atoms with E-state index in [1.807, 2.05) is 13.8 Å². The molecule has 0 aliphatic rings. The molecule has 0 radical (unpaired) electrons. The molecule has 0 bridgehead atoms. The van der Waals surface area contributed by atoms with Gasteiger partial charge in [-0.15, -0.1) is 0 Å². The molecule has 1 N–H and O–H groups in total. The molecule has 1 rings (SSSR count). The van der Waals surface area contributed by atoms with Crippen molar-refractivity contribution in [2.45, 2.75) is 32.5 Å². The average molecular weight is 263 g/mol. The Bertz CT molecular complexity index is 340. The minimum Gasteiger partial charge on any atom is -0.390 e. The highest BCUT2D eigenvalue weighted by molar-refractivity contribution is 6.33. The summed E-state index contributed by atoms with van der Waals surface area (Å²) >= 11 is 11.8. The van der Waals surface area contributed by atoms with Crippen molar-refractivity contribution in [3.63, 3.8) is 0 Å². The third kappa shape index (κ3) is 4.71. The predicted molar refractivity (Wildman–Crippen MR) is 67.3 cm³/mol. The Kier molecular flexibility index (Phi) is 5.56. The molecular formula is C12H16Cl2O2. The summed E-state index contributed by atoms with van der Waals surface area (Å²) in [5, 5.41) is 11.0. The summed E-state index contributed by atoms with van der Waals surface area (Å²) in [7, 11) is 0. The maximum Gasteiger partial charge on any atom is 0.0814 e. The first-order valence-corrected chi connectivity index (χ1v) is 5.98. The molecule has 0 spiro atoms. The maximum atomic E-state index is 9.74. The molecule has 0 aromatic heterocycles. The summed E-state index contributed by atoms with van der Waals surface area (Å²) in [6, 6.07) is 5.22. The van der Waals surface area contributed by atoms with E-state index in [0.29, 0.717) is 23.1 Å². The quantitative estimate of drug-likeness (QED) is 0.883. The van der Waals surface area contributed by atoms with Crippen molar-refractivity contribution in [2.24, 2.45) is 0 Å². The van der Waals surface area contributed by atoms with Crippen molar-refractivity contribution in [3.05, 3.63) is 33.8 Å². The molecule has 0 saturated carbocycles. The number of benzene rings is 1. The minimum absolute atomic E-state index is 0.115. The van der Waals surface area contributed by atoms with Gasteiger partial charge in [-0.1, -0.05) is 23.2 Å². The predicted octanol–water partition coefficient (Wildman–Crippen LogP) is 3.32. The molecule has 90 valence electrons. The zero-order chi connectivity index (χ0) is 12.1. The zero-order valence-electron chi connectivity index (χ0n) is 9.41. The molecule has 0 fully saturated rings. The van der Waals surface area contributed by atoms with Crippen molar-refractivity contribution in [1.29, 1.82) is 0 Å². The highest BCUT2D eigenvalue weighted by Gasteiger charge is 2.10. The van der Waals surface area contributed by atoms with Crippen LogP contribution in [0.1, 0.15) is 19.4 Å². The first-order chi connectivity index (χ1) is 7.49. The van der Waals surface area contributed by atoms with Gasteiger partial charge in [-0.25, -0.2) is 0 Å². The third-order valence-electron chi connectivity index (χ3n) is 2.09. The van der Waals surface area contributed by atoms with Crippen LogP contribution < -0.4 is 0 Å². The monoisotopic (exact) mass is 262 g/mol. The van der Waals surface area contributed by atoms with Crippen LogP contribution in [0.2, 0.25) is 10.0 Å². The second-order valence-corrected chi connectivity index (χ2v) is 4.82. The number of halogens is 2. The number of ether oxygens (including phenoxy) is 1. The highest BCUT2D eigenvalue weighted by atomic mass is 35.5. The lowest BCUT2D eigenvalue weighted by Gasteiger charge is -2.14. The van der Waals surface area contributed by atoms with Gasteiger partial charge in [-0.2, -0.15) is 0 Å². The summed E-state index contributed by atoms with van der Waals surface area (Å²) in [6.45, 7) is 4.17. The van der Waals surface area contributed by atoms with E-state index in [4.69, 9.17) is 27.9 Å². The molecule has 1 aromatic rings. The molecule has 0 saturated heterocycles. The molecule has 16 heavy (non-hydrogen) atoms. The fraction of sp³-hybridized carbons (Fsp3) is 0.500. The Hall–Kier alpha value is -0.280. The van der Waals surface area contributed by atoms with Crippen LogP contribution in [-0.2, 0) is 11.2 Å². The van der Waals surface area contributed by atoms with E-state index < -0.39 is 6.10 Å². The third-order valence-corrected chi connectivity index (χ3v) is 2.69. The van der Waals surface area contributed by atoms with Crippen molar-refractivity contribution >= 4 is 23.2 Å². The molecular weight excluding hydrogens is 247 g/mol. The molecule has 1 atom stereocenters. The fourth-order valence-corrected chi connectivity index (χ4v) is 1.71. The lowest BCUT2D eigenvalue weighted by molar-refractivity contribution is 0.00622. The minimum atomic E-state index is -0.557. The molecule has 2 nitrogen and oxygen atoms in total. The van der Waals surface area contributed by atoms with Gasteiger partial charge in [0.1, 0.15) is 0 Å². The van der Waals surface area contributed by atoms with Gasteiger partial charge >= 0.3 is 0 Å². The normalized spacial score (nSPS) is 13.1. The summed E-state index contributed by atoms with van der Waals surface area (Å²) < 4.78 is 5.32. The van der Waals surface area contributed by atoms with Crippen LogP contribution in [0.3, 0.4) is 0 Å². The van der Waals surface area contributed by atoms with Crippen LogP contribution in [-0.4, -0.2) is 23.9 Å². The summed E-state index contributed by atoms with van der Waals surface area (Å²) in [5.41, 5.74) is 0.842. The Morgan fingerprint density at radius 1 is 1.31 bits per heavy atom. The van der Waals surface area contributed by atoms with Crippen molar-refractivity contribution in [3.8, 4) is 0 Å². The van der Waals surface area contributed by atoms with E-state index >= 15 is 0 Å². The fourth-order valence-electron chi connectivity index (χ4n) is 1.32. The molecule has 4 heteroatoms. The zero-order valence-corrected chi connectivity index (χ0v) is 10.9. The summed E-state index contributed by atoms with van der Waals surface area (Å²) in [6.07, 6.45) is 0.00870. The number of hydrogen-bond donors (Lipinski definition) is 1. The van der Waals surface area contributed by atoms with E-state index in [2.05, 4.69) is 0 Å². The van der Waals surface area contributed by atoms with E-state index in [-0.39, 0.29) is 6.10 Å². The molecule has 1 aromatic carbocycles. The Morgan fingerprint density at radius 3 is 2.62 bits per heavy atom. The first-order valence-electron chi connectivity index (χ1n) is 5.22. The van der Waals surface area contributed by atoms with Crippen LogP contribution in [0.25, 0.3) is 0 Å². The number of rotatable bonds is 5. The molecule has 0 aliphatic carbocycles. The Morgan fingerprint density at radius 2 is 2.00 bits per heavy atom. The van der Waals surface area contributed by atoms with Gasteiger partial charge in [0.25, 0.3) is 0 Å². The second-order valence-electron chi connectivity index (χ2n) is 3.98. The van der Waals surface area contributed by atoms with E-state index in [0.717, 1.165) is 5.56 Å². The van der Waals surface area contributed by atoms with Crippen LogP contribution >= 0.6 is 23.2 Å². The Balaban J connectivity index is 2.55. The number of hydrogen-bond acceptors (Lipinski definition) is 2. The van der Waals surface area contributed by atoms with E-state index in [1.165, 1.54) is 0 Å². The largest absolute Gasteiger partial charge is 0.390 e. The van der Waals surface area contributed by atoms with E-state index in [1.54, 1.807) is 18.2 Å². The first kappa shape index (κ1) is 13.8. The lowest BCUT2D eigenvalue weighted by Crippen LogP contribution is -2.20. The van der Waals surface area contributed by atoms with Crippen LogP contribution in [0.15, 0.2) is 18.2 Å². The second kappa shape index (κ2) is 6.45. The van der Waals surface area contributed by atoms with E-state index in [9.17, 15) is 5.11 Å². The lowest BCUT2D eigenvalue weighted by atomic mass is 10.1. The van der Waals surface area contributed by atoms with Crippen molar-refractivity contribution in [2.75, 3.05) is 6.61 Å². The molecule has 0 amide bonds. The van der Waals surface area contributed by atoms with Crippen LogP contribution in [0.5, 0.6) is 0 Å². The van der Waals surface area contributed by atoms with Gasteiger partial charge in [-0.3, -0.25) is 0 Å². The van der Waals surface area contributed by atoms with Gasteiger partial charge < -0.3 is 9.84 Å². The molecule has 0 heterocycles. The topological polar surface area (TPSA) is 29.5 Å². The standard InChI is InChI=1S/C12H16Cl2O2/c1-8(2)16-7-11(15)6-9-5-10(13)3-4-12(9)14/h3-5,8,11,15H,6-7H2,1-2H3. The number of aliphatic hydroxyl groups excluding tert-OH is 1. The molecule has 1 unspecified atom stereocenters. The van der Waals surface area contributed by atoms with Crippen molar-refractivity contribution < 1.29 is 9.84 Å². The number of aliphatic hydroxyl groups is 1. The molecule has 0 aliphatic heterocycles. The van der Waals surface area contributed by atoms with Crippen LogP contribution in [0.4, 0.5) is 0 Å². The summed E-state index contributed by atoms with van der Waals surface area (Å²) in [5.74, 6) is 0. The SMILES string of the molecule is CC(C)OCC(O)Cc1cc(Cl)ccc1Cl. The summed E-state index contributed by atoms with van der Waals surface area (Å²) in [4.78, 5) is 0. The Labute approximate surface area is 106 Å². The average Bonchev–Trinajstić information content (AvgIpc) is 2.20. The van der Waals surface area contributed by atoms with Gasteiger partial charge in [-0.05, 0) is 37.6 Å². The smallest absolute Gasteiger partial charge is 0.0814 e. The van der Waals surface area contributed by atoms with Gasteiger partial charge in [0.15, 0.2) is 0 Å². The van der Waals surface area contributed by atoms with Gasteiger partial charge in [0.05, 0.1) is 18.8 Å².